The fourth-order valence-electron chi connectivity index (χ4n) is 3.75. The van der Waals surface area contributed by atoms with E-state index in [4.69, 9.17) is 9.47 Å². The third-order valence-electron chi connectivity index (χ3n) is 5.39. The maximum Gasteiger partial charge on any atom is 0.295 e. The Hall–Kier alpha value is -3.12. The lowest BCUT2D eigenvalue weighted by molar-refractivity contribution is -0.140. The van der Waals surface area contributed by atoms with Crippen LogP contribution in [0.2, 0.25) is 0 Å². The molecule has 0 aromatic heterocycles. The van der Waals surface area contributed by atoms with Crippen LogP contribution in [0.5, 0.6) is 5.75 Å². The highest BCUT2D eigenvalue weighted by Gasteiger charge is 2.46. The molecule has 31 heavy (non-hydrogen) atoms. The van der Waals surface area contributed by atoms with E-state index in [1.807, 2.05) is 63.2 Å². The van der Waals surface area contributed by atoms with Crippen molar-refractivity contribution in [3.8, 4) is 5.75 Å². The van der Waals surface area contributed by atoms with E-state index in [0.29, 0.717) is 17.9 Å². The number of ketones is 1. The minimum atomic E-state index is -0.699. The summed E-state index contributed by atoms with van der Waals surface area (Å²) in [4.78, 5) is 27.3. The van der Waals surface area contributed by atoms with Crippen molar-refractivity contribution in [1.82, 2.24) is 4.90 Å². The summed E-state index contributed by atoms with van der Waals surface area (Å²) in [5.41, 5.74) is 3.16. The first kappa shape index (κ1) is 22.6. The van der Waals surface area contributed by atoms with Crippen LogP contribution in [0.25, 0.3) is 5.76 Å². The third kappa shape index (κ3) is 4.64. The van der Waals surface area contributed by atoms with Crippen molar-refractivity contribution >= 4 is 17.4 Å². The molecule has 1 fully saturated rings. The molecule has 2 aromatic rings. The van der Waals surface area contributed by atoms with Gasteiger partial charge >= 0.3 is 0 Å². The van der Waals surface area contributed by atoms with Crippen LogP contribution in [0.15, 0.2) is 48.0 Å². The van der Waals surface area contributed by atoms with Gasteiger partial charge in [-0.2, -0.15) is 0 Å². The zero-order valence-corrected chi connectivity index (χ0v) is 18.5. The maximum atomic E-state index is 13.0. The van der Waals surface area contributed by atoms with Crippen LogP contribution in [0, 0.1) is 13.8 Å². The summed E-state index contributed by atoms with van der Waals surface area (Å²) < 4.78 is 10.8. The molecule has 0 aliphatic carbocycles. The van der Waals surface area contributed by atoms with Crippen molar-refractivity contribution in [3.63, 3.8) is 0 Å². The van der Waals surface area contributed by atoms with Crippen molar-refractivity contribution in [3.05, 3.63) is 70.3 Å². The van der Waals surface area contributed by atoms with E-state index in [2.05, 4.69) is 0 Å². The number of Topliss-reactive ketones (excluding diaryl/α,β-unsaturated/α-hetero) is 1. The second kappa shape index (κ2) is 9.79. The van der Waals surface area contributed by atoms with Gasteiger partial charge in [0.25, 0.3) is 11.7 Å². The summed E-state index contributed by atoms with van der Waals surface area (Å²) in [5, 5.41) is 11.2. The molecule has 0 saturated carbocycles. The number of methoxy groups -OCH3 is 1. The van der Waals surface area contributed by atoms with E-state index >= 15 is 0 Å². The Labute approximate surface area is 183 Å². The average molecular weight is 424 g/mol. The number of aryl methyl sites for hydroxylation is 2. The molecule has 1 saturated heterocycles. The first-order valence-corrected chi connectivity index (χ1v) is 10.5. The summed E-state index contributed by atoms with van der Waals surface area (Å²) in [6.45, 7) is 6.95. The van der Waals surface area contributed by atoms with Gasteiger partial charge in [0.2, 0.25) is 0 Å². The Morgan fingerprint density at radius 1 is 1.06 bits per heavy atom. The Kier molecular flexibility index (Phi) is 7.13. The molecule has 164 valence electrons. The van der Waals surface area contributed by atoms with Gasteiger partial charge in [-0.1, -0.05) is 36.8 Å². The molecule has 1 amide bonds. The molecule has 0 radical (unpaired) electrons. The normalized spacial score (nSPS) is 17.9. The molecule has 1 N–H and O–H groups in total. The molecular formula is C25H29NO5. The standard InChI is InChI=1S/C25H29NO5/c1-5-13-31-19-10-8-18(9-11-19)22-21(24(28)25(29)26(22)12-14-30-4)23(27)20-15-16(2)6-7-17(20)3/h6-11,15,22,27H,5,12-14H2,1-4H3/b23-21+. The van der Waals surface area contributed by atoms with Gasteiger partial charge in [0.05, 0.1) is 24.8 Å². The van der Waals surface area contributed by atoms with Gasteiger partial charge in [-0.05, 0) is 49.6 Å². The number of aliphatic hydroxyl groups excluding tert-OH is 1. The average Bonchev–Trinajstić information content (AvgIpc) is 3.02. The lowest BCUT2D eigenvalue weighted by Gasteiger charge is -2.25. The molecular weight excluding hydrogens is 394 g/mol. The number of ether oxygens (including phenoxy) is 2. The summed E-state index contributed by atoms with van der Waals surface area (Å²) in [6, 6.07) is 12.3. The van der Waals surface area contributed by atoms with Crippen molar-refractivity contribution in [2.75, 3.05) is 26.9 Å². The maximum absolute atomic E-state index is 13.0. The van der Waals surface area contributed by atoms with Crippen LogP contribution >= 0.6 is 0 Å². The van der Waals surface area contributed by atoms with Gasteiger partial charge in [-0.15, -0.1) is 0 Å². The van der Waals surface area contributed by atoms with Gasteiger partial charge in [-0.25, -0.2) is 0 Å². The van der Waals surface area contributed by atoms with Gasteiger partial charge < -0.3 is 19.5 Å². The predicted octanol–water partition coefficient (Wildman–Crippen LogP) is 4.16. The molecule has 1 aliphatic heterocycles. The zero-order valence-electron chi connectivity index (χ0n) is 18.5. The number of rotatable bonds is 8. The summed E-state index contributed by atoms with van der Waals surface area (Å²) in [6.07, 6.45) is 0.898. The van der Waals surface area contributed by atoms with Crippen molar-refractivity contribution < 1.29 is 24.2 Å². The van der Waals surface area contributed by atoms with E-state index < -0.39 is 17.7 Å². The van der Waals surface area contributed by atoms with Crippen molar-refractivity contribution in [2.45, 2.75) is 33.2 Å². The van der Waals surface area contributed by atoms with E-state index in [9.17, 15) is 14.7 Å². The molecule has 1 unspecified atom stereocenters. The Balaban J connectivity index is 2.12. The molecule has 1 heterocycles. The quantitative estimate of drug-likeness (QED) is 0.392. The molecule has 6 nitrogen and oxygen atoms in total. The minimum Gasteiger partial charge on any atom is -0.507 e. The molecule has 1 aliphatic rings. The topological polar surface area (TPSA) is 76.1 Å². The minimum absolute atomic E-state index is 0.0945. The van der Waals surface area contributed by atoms with Crippen LogP contribution in [-0.2, 0) is 14.3 Å². The highest BCUT2D eigenvalue weighted by Crippen LogP contribution is 2.40. The van der Waals surface area contributed by atoms with Crippen LogP contribution in [-0.4, -0.2) is 48.6 Å². The fraction of sp³-hybridized carbons (Fsp3) is 0.360. The SMILES string of the molecule is CCCOc1ccc(C2/C(=C(\O)c3cc(C)ccc3C)C(=O)C(=O)N2CCOC)cc1. The number of carbonyl (C=O) groups is 2. The Morgan fingerprint density at radius 2 is 1.77 bits per heavy atom. The van der Waals surface area contributed by atoms with Gasteiger partial charge in [0.15, 0.2) is 0 Å². The molecule has 6 heteroatoms. The molecule has 3 rings (SSSR count). The fourth-order valence-corrected chi connectivity index (χ4v) is 3.75. The smallest absolute Gasteiger partial charge is 0.295 e. The summed E-state index contributed by atoms with van der Waals surface area (Å²) >= 11 is 0. The Morgan fingerprint density at radius 3 is 2.42 bits per heavy atom. The number of hydrogen-bond donors (Lipinski definition) is 1. The number of aliphatic hydroxyl groups is 1. The number of carbonyl (C=O) groups excluding carboxylic acids is 2. The van der Waals surface area contributed by atoms with Crippen LogP contribution in [0.4, 0.5) is 0 Å². The number of hydrogen-bond acceptors (Lipinski definition) is 5. The Bertz CT molecular complexity index is 993. The van der Waals surface area contributed by atoms with E-state index in [1.165, 1.54) is 4.90 Å². The number of nitrogens with zero attached hydrogens (tertiary/aromatic N) is 1. The van der Waals surface area contributed by atoms with Crippen molar-refractivity contribution in [2.24, 2.45) is 0 Å². The van der Waals surface area contributed by atoms with Gasteiger partial charge in [0, 0.05) is 19.2 Å². The van der Waals surface area contributed by atoms with Crippen molar-refractivity contribution in [1.29, 1.82) is 0 Å². The summed E-state index contributed by atoms with van der Waals surface area (Å²) in [5.74, 6) is -0.768. The zero-order chi connectivity index (χ0) is 22.5. The molecule has 2 aromatic carbocycles. The van der Waals surface area contributed by atoms with Crippen LogP contribution in [0.3, 0.4) is 0 Å². The largest absolute Gasteiger partial charge is 0.507 e. The molecule has 1 atom stereocenters. The highest BCUT2D eigenvalue weighted by molar-refractivity contribution is 6.46. The lowest BCUT2D eigenvalue weighted by Crippen LogP contribution is -2.32. The first-order valence-electron chi connectivity index (χ1n) is 10.5. The molecule has 0 bridgehead atoms. The number of benzene rings is 2. The highest BCUT2D eigenvalue weighted by atomic mass is 16.5. The van der Waals surface area contributed by atoms with Crippen LogP contribution < -0.4 is 4.74 Å². The third-order valence-corrected chi connectivity index (χ3v) is 5.39. The lowest BCUT2D eigenvalue weighted by atomic mass is 9.93. The van der Waals surface area contributed by atoms with Gasteiger partial charge in [0.1, 0.15) is 11.5 Å². The predicted molar refractivity (Wildman–Crippen MR) is 119 cm³/mol. The monoisotopic (exact) mass is 423 g/mol. The van der Waals surface area contributed by atoms with E-state index in [-0.39, 0.29) is 24.5 Å². The summed E-state index contributed by atoms with van der Waals surface area (Å²) in [7, 11) is 1.54. The van der Waals surface area contributed by atoms with E-state index in [1.54, 1.807) is 7.11 Å². The number of likely N-dealkylation sites (tertiary alicyclic amines) is 1. The molecule has 0 spiro atoms. The second-order valence-electron chi connectivity index (χ2n) is 7.72. The van der Waals surface area contributed by atoms with E-state index in [0.717, 1.165) is 23.1 Å². The van der Waals surface area contributed by atoms with Gasteiger partial charge in [-0.3, -0.25) is 9.59 Å². The second-order valence-corrected chi connectivity index (χ2v) is 7.72. The number of amides is 1. The van der Waals surface area contributed by atoms with Crippen LogP contribution in [0.1, 0.15) is 41.6 Å². The first-order chi connectivity index (χ1) is 14.9.